The van der Waals surface area contributed by atoms with E-state index in [0.29, 0.717) is 17.2 Å². The predicted molar refractivity (Wildman–Crippen MR) is 112 cm³/mol. The monoisotopic (exact) mass is 397 g/mol. The van der Waals surface area contributed by atoms with Gasteiger partial charge < -0.3 is 10.1 Å². The molecule has 0 radical (unpaired) electrons. The van der Waals surface area contributed by atoms with Gasteiger partial charge in [-0.05, 0) is 55.6 Å². The SMILES string of the molecule is CCCOC(=O)c1c(NC(=O)[C@H]2C[C@@H]2c2ccccc2)sc2c1CCCCC2. The van der Waals surface area contributed by atoms with Crippen molar-refractivity contribution < 1.29 is 14.3 Å². The summed E-state index contributed by atoms with van der Waals surface area (Å²) in [7, 11) is 0. The number of amides is 1. The topological polar surface area (TPSA) is 55.4 Å². The molecule has 5 heteroatoms. The summed E-state index contributed by atoms with van der Waals surface area (Å²) in [5, 5.41) is 3.78. The summed E-state index contributed by atoms with van der Waals surface area (Å²) in [6.45, 7) is 2.40. The minimum Gasteiger partial charge on any atom is -0.462 e. The van der Waals surface area contributed by atoms with E-state index in [1.165, 1.54) is 16.9 Å². The molecule has 4 nitrogen and oxygen atoms in total. The van der Waals surface area contributed by atoms with Crippen LogP contribution in [0.25, 0.3) is 0 Å². The quantitative estimate of drug-likeness (QED) is 0.530. The molecule has 1 saturated carbocycles. The summed E-state index contributed by atoms with van der Waals surface area (Å²) in [4.78, 5) is 26.9. The Morgan fingerprint density at radius 3 is 2.71 bits per heavy atom. The lowest BCUT2D eigenvalue weighted by molar-refractivity contribution is -0.117. The van der Waals surface area contributed by atoms with Gasteiger partial charge in [-0.15, -0.1) is 11.3 Å². The van der Waals surface area contributed by atoms with Gasteiger partial charge in [0.05, 0.1) is 12.2 Å². The molecule has 2 aliphatic rings. The summed E-state index contributed by atoms with van der Waals surface area (Å²) in [6.07, 6.45) is 6.96. The molecular weight excluding hydrogens is 370 g/mol. The third-order valence-corrected chi connectivity index (χ3v) is 6.86. The van der Waals surface area contributed by atoms with Crippen LogP contribution in [0.2, 0.25) is 0 Å². The summed E-state index contributed by atoms with van der Waals surface area (Å²) in [5.74, 6) is 0.0139. The Hall–Kier alpha value is -2.14. The average Bonchev–Trinajstić information content (AvgIpc) is 3.48. The first-order chi connectivity index (χ1) is 13.7. The van der Waals surface area contributed by atoms with Crippen LogP contribution < -0.4 is 5.32 Å². The molecule has 0 unspecified atom stereocenters. The second-order valence-corrected chi connectivity index (χ2v) is 8.86. The fourth-order valence-corrected chi connectivity index (χ4v) is 5.35. The number of fused-ring (bicyclic) bond motifs is 1. The maximum atomic E-state index is 12.9. The number of rotatable bonds is 6. The number of thiophene rings is 1. The van der Waals surface area contributed by atoms with Crippen LogP contribution in [-0.2, 0) is 22.4 Å². The highest BCUT2D eigenvalue weighted by molar-refractivity contribution is 7.17. The van der Waals surface area contributed by atoms with Crippen molar-refractivity contribution in [2.45, 2.75) is 57.8 Å². The molecule has 1 heterocycles. The minimum atomic E-state index is -0.285. The fourth-order valence-electron chi connectivity index (χ4n) is 4.07. The van der Waals surface area contributed by atoms with Gasteiger partial charge in [-0.25, -0.2) is 4.79 Å². The molecule has 2 aliphatic carbocycles. The van der Waals surface area contributed by atoms with Gasteiger partial charge in [0.1, 0.15) is 5.00 Å². The van der Waals surface area contributed by atoms with E-state index in [2.05, 4.69) is 17.4 Å². The van der Waals surface area contributed by atoms with Crippen LogP contribution in [-0.4, -0.2) is 18.5 Å². The number of aryl methyl sites for hydroxylation is 1. The van der Waals surface area contributed by atoms with E-state index in [-0.39, 0.29) is 23.7 Å². The molecule has 148 valence electrons. The van der Waals surface area contributed by atoms with Crippen molar-refractivity contribution in [2.75, 3.05) is 11.9 Å². The normalized spacial score (nSPS) is 20.8. The van der Waals surface area contributed by atoms with Crippen LogP contribution in [0, 0.1) is 5.92 Å². The van der Waals surface area contributed by atoms with Crippen LogP contribution in [0.5, 0.6) is 0 Å². The smallest absolute Gasteiger partial charge is 0.341 e. The number of esters is 1. The minimum absolute atomic E-state index is 0.0104. The average molecular weight is 398 g/mol. The molecule has 0 aliphatic heterocycles. The summed E-state index contributed by atoms with van der Waals surface area (Å²) in [5.41, 5.74) is 2.93. The Labute approximate surface area is 170 Å². The van der Waals surface area contributed by atoms with Crippen LogP contribution in [0.3, 0.4) is 0 Å². The summed E-state index contributed by atoms with van der Waals surface area (Å²) >= 11 is 1.57. The number of benzene rings is 1. The van der Waals surface area contributed by atoms with Gasteiger partial charge >= 0.3 is 5.97 Å². The Morgan fingerprint density at radius 2 is 1.93 bits per heavy atom. The number of carbonyl (C=O) groups is 2. The lowest BCUT2D eigenvalue weighted by Gasteiger charge is -2.09. The third kappa shape index (κ3) is 4.00. The van der Waals surface area contributed by atoms with Crippen molar-refractivity contribution in [1.29, 1.82) is 0 Å². The van der Waals surface area contributed by atoms with Crippen molar-refractivity contribution in [2.24, 2.45) is 5.92 Å². The zero-order valence-corrected chi connectivity index (χ0v) is 17.1. The third-order valence-electron chi connectivity index (χ3n) is 5.65. The fraction of sp³-hybridized carbons (Fsp3) is 0.478. The van der Waals surface area contributed by atoms with Gasteiger partial charge in [-0.3, -0.25) is 4.79 Å². The van der Waals surface area contributed by atoms with Gasteiger partial charge in [-0.2, -0.15) is 0 Å². The molecule has 0 spiro atoms. The van der Waals surface area contributed by atoms with E-state index < -0.39 is 0 Å². The van der Waals surface area contributed by atoms with Crippen molar-refractivity contribution in [3.8, 4) is 0 Å². The van der Waals surface area contributed by atoms with Gasteiger partial charge in [0.25, 0.3) is 0 Å². The zero-order valence-electron chi connectivity index (χ0n) is 16.3. The highest BCUT2D eigenvalue weighted by atomic mass is 32.1. The number of nitrogens with one attached hydrogen (secondary N) is 1. The molecule has 1 aromatic heterocycles. The van der Waals surface area contributed by atoms with E-state index in [1.807, 2.05) is 25.1 Å². The lowest BCUT2D eigenvalue weighted by atomic mass is 10.1. The number of carbonyl (C=O) groups excluding carboxylic acids is 2. The van der Waals surface area contributed by atoms with Crippen molar-refractivity contribution in [3.63, 3.8) is 0 Å². The van der Waals surface area contributed by atoms with Crippen LogP contribution in [0.4, 0.5) is 5.00 Å². The molecule has 2 atom stereocenters. The highest BCUT2D eigenvalue weighted by Crippen LogP contribution is 2.48. The second kappa shape index (κ2) is 8.48. The van der Waals surface area contributed by atoms with Crippen LogP contribution >= 0.6 is 11.3 Å². The van der Waals surface area contributed by atoms with E-state index >= 15 is 0 Å². The van der Waals surface area contributed by atoms with Crippen molar-refractivity contribution in [1.82, 2.24) is 0 Å². The van der Waals surface area contributed by atoms with Gasteiger partial charge in [-0.1, -0.05) is 43.7 Å². The first-order valence-corrected chi connectivity index (χ1v) is 11.2. The molecule has 1 amide bonds. The van der Waals surface area contributed by atoms with Crippen molar-refractivity contribution >= 4 is 28.2 Å². The van der Waals surface area contributed by atoms with E-state index in [1.54, 1.807) is 11.3 Å². The first-order valence-electron chi connectivity index (χ1n) is 10.4. The largest absolute Gasteiger partial charge is 0.462 e. The molecule has 0 saturated heterocycles. The lowest BCUT2D eigenvalue weighted by Crippen LogP contribution is -2.17. The predicted octanol–water partition coefficient (Wildman–Crippen LogP) is 5.33. The molecule has 28 heavy (non-hydrogen) atoms. The Kier molecular flexibility index (Phi) is 5.81. The van der Waals surface area contributed by atoms with Crippen LogP contribution in [0.1, 0.15) is 71.3 Å². The van der Waals surface area contributed by atoms with E-state index in [9.17, 15) is 9.59 Å². The number of anilines is 1. The van der Waals surface area contributed by atoms with Gasteiger partial charge in [0.2, 0.25) is 5.91 Å². The van der Waals surface area contributed by atoms with E-state index in [4.69, 9.17) is 4.74 Å². The Morgan fingerprint density at radius 1 is 1.14 bits per heavy atom. The standard InChI is InChI=1S/C23H27NO3S/c1-2-13-27-23(26)20-16-11-7-4-8-12-19(16)28-22(20)24-21(25)18-14-17(18)15-9-5-3-6-10-15/h3,5-6,9-10,17-18H,2,4,7-8,11-14H2,1H3,(H,24,25)/t17-,18+/m1/s1. The Bertz CT molecular complexity index is 858. The maximum Gasteiger partial charge on any atom is 0.341 e. The summed E-state index contributed by atoms with van der Waals surface area (Å²) in [6, 6.07) is 10.2. The highest BCUT2D eigenvalue weighted by Gasteiger charge is 2.44. The van der Waals surface area contributed by atoms with Crippen LogP contribution in [0.15, 0.2) is 30.3 Å². The van der Waals surface area contributed by atoms with Crippen molar-refractivity contribution in [3.05, 3.63) is 51.9 Å². The Balaban J connectivity index is 1.54. The van der Waals surface area contributed by atoms with E-state index in [0.717, 1.165) is 44.1 Å². The molecule has 1 fully saturated rings. The molecule has 0 bridgehead atoms. The second-order valence-electron chi connectivity index (χ2n) is 7.75. The first kappa shape index (κ1) is 19.2. The maximum absolute atomic E-state index is 12.9. The molecule has 2 aromatic rings. The number of hydrogen-bond donors (Lipinski definition) is 1. The molecule has 1 aromatic carbocycles. The van der Waals surface area contributed by atoms with Gasteiger partial charge in [0, 0.05) is 10.8 Å². The number of hydrogen-bond acceptors (Lipinski definition) is 4. The molecular formula is C23H27NO3S. The number of ether oxygens (including phenoxy) is 1. The summed E-state index contributed by atoms with van der Waals surface area (Å²) < 4.78 is 5.45. The molecule has 4 rings (SSSR count). The zero-order chi connectivity index (χ0) is 19.5. The van der Waals surface area contributed by atoms with Gasteiger partial charge in [0.15, 0.2) is 0 Å². The molecule has 1 N–H and O–H groups in total.